The Morgan fingerprint density at radius 1 is 0.600 bits per heavy atom. The second-order valence-corrected chi connectivity index (χ2v) is 10.9. The van der Waals surface area contributed by atoms with Crippen molar-refractivity contribution in [2.45, 2.75) is 6.92 Å². The Morgan fingerprint density at radius 2 is 1.33 bits per heavy atom. The fourth-order valence-corrected chi connectivity index (χ4v) is 6.29. The third-order valence-corrected chi connectivity index (χ3v) is 8.27. The smallest absolute Gasteiger partial charge is 0.503 e. The van der Waals surface area contributed by atoms with Crippen LogP contribution in [0.25, 0.3) is 66.3 Å². The number of ether oxygens (including phenoxy) is 1. The summed E-state index contributed by atoms with van der Waals surface area (Å²) < 4.78 is 10.7. The van der Waals surface area contributed by atoms with E-state index in [1.807, 2.05) is 60.8 Å². The van der Waals surface area contributed by atoms with Crippen molar-refractivity contribution >= 4 is 49.3 Å². The van der Waals surface area contributed by atoms with Crippen LogP contribution in [0, 0.1) is 19.1 Å². The number of aromatic nitrogens is 5. The molecule has 0 amide bonds. The van der Waals surface area contributed by atoms with Gasteiger partial charge in [0.1, 0.15) is 5.65 Å². The number of hydrogen-bond donors (Lipinski definition) is 0. The van der Waals surface area contributed by atoms with Gasteiger partial charge < -0.3 is 13.7 Å². The van der Waals surface area contributed by atoms with E-state index in [-0.39, 0.29) is 21.1 Å². The summed E-state index contributed by atoms with van der Waals surface area (Å²) in [5.74, 6) is 1.96. The first-order valence-corrected chi connectivity index (χ1v) is 14.5. The fraction of sp³-hybridized carbons (Fsp3) is 0.0263. The molecule has 7 heteroatoms. The number of nitrogens with zero attached hydrogens (tertiary/aromatic N) is 5. The summed E-state index contributed by atoms with van der Waals surface area (Å²) in [6.45, 7) is 2.09. The number of para-hydroxylation sites is 2. The van der Waals surface area contributed by atoms with Crippen molar-refractivity contribution in [3.63, 3.8) is 0 Å². The molecule has 0 saturated carbocycles. The van der Waals surface area contributed by atoms with Gasteiger partial charge >= 0.3 is 21.1 Å². The minimum absolute atomic E-state index is 0. The van der Waals surface area contributed by atoms with Gasteiger partial charge in [-0.25, -0.2) is 4.98 Å². The maximum absolute atomic E-state index is 6.42. The van der Waals surface area contributed by atoms with E-state index >= 15 is 0 Å². The number of aryl methyl sites for hydroxylation is 1. The van der Waals surface area contributed by atoms with Gasteiger partial charge in [-0.1, -0.05) is 83.2 Å². The molecule has 0 bridgehead atoms. The number of hydrogen-bond acceptors (Lipinski definition) is 4. The predicted octanol–water partition coefficient (Wildman–Crippen LogP) is 8.89. The van der Waals surface area contributed by atoms with Crippen LogP contribution in [0.5, 0.6) is 11.5 Å². The Bertz CT molecular complexity index is 2510. The molecule has 0 saturated heterocycles. The molecule has 0 aliphatic rings. The Balaban J connectivity index is 0.00000300. The van der Waals surface area contributed by atoms with E-state index in [0.717, 1.165) is 71.9 Å². The van der Waals surface area contributed by atoms with Gasteiger partial charge in [-0.3, -0.25) is 0 Å². The van der Waals surface area contributed by atoms with Gasteiger partial charge in [-0.05, 0) is 42.1 Å². The molecule has 4 heterocycles. The summed E-state index contributed by atoms with van der Waals surface area (Å²) in [5.41, 5.74) is 6.76. The molecule has 0 aliphatic heterocycles. The van der Waals surface area contributed by atoms with Crippen molar-refractivity contribution in [2.75, 3.05) is 0 Å². The normalized spacial score (nSPS) is 11.5. The van der Waals surface area contributed by atoms with E-state index in [0.29, 0.717) is 11.5 Å². The summed E-state index contributed by atoms with van der Waals surface area (Å²) in [6, 6.07) is 45.9. The van der Waals surface area contributed by atoms with Crippen molar-refractivity contribution in [2.24, 2.45) is 0 Å². The van der Waals surface area contributed by atoms with E-state index in [1.165, 1.54) is 0 Å². The first-order valence-electron chi connectivity index (χ1n) is 14.5. The van der Waals surface area contributed by atoms with E-state index < -0.39 is 0 Å². The van der Waals surface area contributed by atoms with Crippen LogP contribution in [0.1, 0.15) is 5.56 Å². The Labute approximate surface area is 272 Å². The van der Waals surface area contributed by atoms with Crippen LogP contribution in [0.2, 0.25) is 0 Å². The molecule has 6 nitrogen and oxygen atoms in total. The summed E-state index contributed by atoms with van der Waals surface area (Å²) in [6.07, 6.45) is 1.82. The molecular weight excluding hydrogens is 738 g/mol. The molecule has 0 spiro atoms. The van der Waals surface area contributed by atoms with Gasteiger partial charge in [0.15, 0.2) is 5.82 Å². The van der Waals surface area contributed by atoms with E-state index in [1.54, 1.807) is 0 Å². The van der Waals surface area contributed by atoms with Gasteiger partial charge in [0, 0.05) is 39.5 Å². The minimum atomic E-state index is 0. The van der Waals surface area contributed by atoms with Crippen molar-refractivity contribution in [1.29, 1.82) is 0 Å². The van der Waals surface area contributed by atoms with Crippen LogP contribution in [-0.2, 0) is 21.1 Å². The van der Waals surface area contributed by atoms with Crippen molar-refractivity contribution in [1.82, 2.24) is 24.1 Å². The predicted molar refractivity (Wildman–Crippen MR) is 174 cm³/mol. The second kappa shape index (κ2) is 10.7. The molecule has 216 valence electrons. The fourth-order valence-electron chi connectivity index (χ4n) is 6.29. The van der Waals surface area contributed by atoms with E-state index in [4.69, 9.17) is 9.72 Å². The molecule has 0 N–H and O–H groups in total. The van der Waals surface area contributed by atoms with Crippen LogP contribution in [-0.4, -0.2) is 24.1 Å². The average Bonchev–Trinajstić information content (AvgIpc) is 3.66. The minimum Gasteiger partial charge on any atom is -0.503 e. The third kappa shape index (κ3) is 4.25. The van der Waals surface area contributed by atoms with Crippen molar-refractivity contribution in [3.05, 3.63) is 139 Å². The van der Waals surface area contributed by atoms with Gasteiger partial charge in [-0.2, -0.15) is 11.2 Å². The second-order valence-electron chi connectivity index (χ2n) is 10.9. The Hall–Kier alpha value is -5.32. The van der Waals surface area contributed by atoms with Crippen molar-refractivity contribution < 1.29 is 25.8 Å². The SMILES string of the molecule is Cc1ccccc1-c1nnc2c3[c-]c(Oc4[c-]c(-n5c6ccccc6c6cccnc65)ccc4)ccc3c3ccccc3n12.[Pt+2]. The summed E-state index contributed by atoms with van der Waals surface area (Å²) >= 11 is 0. The van der Waals surface area contributed by atoms with Crippen LogP contribution in [0.15, 0.2) is 121 Å². The number of benzene rings is 5. The molecule has 4 aromatic heterocycles. The zero-order valence-electron chi connectivity index (χ0n) is 24.0. The molecule has 0 fully saturated rings. The van der Waals surface area contributed by atoms with Crippen LogP contribution in [0.4, 0.5) is 0 Å². The largest absolute Gasteiger partial charge is 2.00 e. The van der Waals surface area contributed by atoms with Gasteiger partial charge in [0.05, 0.1) is 11.2 Å². The molecule has 0 atom stereocenters. The average molecular weight is 761 g/mol. The van der Waals surface area contributed by atoms with Gasteiger partial charge in [0.25, 0.3) is 0 Å². The molecule has 9 rings (SSSR count). The summed E-state index contributed by atoms with van der Waals surface area (Å²) in [7, 11) is 0. The van der Waals surface area contributed by atoms with Gasteiger partial charge in [0.2, 0.25) is 0 Å². The molecule has 9 aromatic rings. The first kappa shape index (κ1) is 27.2. The van der Waals surface area contributed by atoms with Crippen LogP contribution < -0.4 is 4.74 Å². The van der Waals surface area contributed by atoms with Gasteiger partial charge in [-0.15, -0.1) is 35.4 Å². The van der Waals surface area contributed by atoms with Crippen LogP contribution in [0.3, 0.4) is 0 Å². The maximum Gasteiger partial charge on any atom is 2.00 e. The van der Waals surface area contributed by atoms with Crippen LogP contribution >= 0.6 is 0 Å². The molecule has 0 radical (unpaired) electrons. The topological polar surface area (TPSA) is 57.2 Å². The number of rotatable bonds is 4. The first-order chi connectivity index (χ1) is 21.7. The van der Waals surface area contributed by atoms with E-state index in [9.17, 15) is 0 Å². The third-order valence-electron chi connectivity index (χ3n) is 8.27. The quantitative estimate of drug-likeness (QED) is 0.133. The van der Waals surface area contributed by atoms with Crippen molar-refractivity contribution in [3.8, 4) is 28.6 Å². The summed E-state index contributed by atoms with van der Waals surface area (Å²) in [5, 5.41) is 14.6. The Morgan fingerprint density at radius 3 is 2.20 bits per heavy atom. The number of fused-ring (bicyclic) bond motifs is 9. The number of pyridine rings is 2. The molecule has 0 aliphatic carbocycles. The zero-order chi connectivity index (χ0) is 29.2. The molecule has 45 heavy (non-hydrogen) atoms. The summed E-state index contributed by atoms with van der Waals surface area (Å²) in [4.78, 5) is 4.71. The standard InChI is InChI=1S/C38H23N5O.Pt/c1-24-10-2-3-13-28(24)37-40-41-38-33-23-27(19-20-29(33)30-14-4-7-18-35(30)43(37)38)44-26-12-8-11-25(22-26)42-34-17-6-5-15-31(34)32-16-9-21-39-36(32)42;/h2-21H,1H3;/q-2;+2. The molecule has 0 unspecified atom stereocenters. The molecular formula is C38H23N5OPt. The maximum atomic E-state index is 6.42. The van der Waals surface area contributed by atoms with E-state index in [2.05, 4.69) is 98.9 Å². The zero-order valence-corrected chi connectivity index (χ0v) is 26.3. The molecule has 5 aromatic carbocycles. The monoisotopic (exact) mass is 760 g/mol. The Kier molecular flexibility index (Phi) is 6.47.